The molecule has 1 amide bonds. The lowest BCUT2D eigenvalue weighted by Crippen LogP contribution is -2.41. The van der Waals surface area contributed by atoms with Gasteiger partial charge in [-0.1, -0.05) is 12.1 Å². The molecule has 0 N–H and O–H groups in total. The average Bonchev–Trinajstić information content (AvgIpc) is 3.64. The summed E-state index contributed by atoms with van der Waals surface area (Å²) in [4.78, 5) is 21.2. The number of hydrogen-bond acceptors (Lipinski definition) is 6. The highest BCUT2D eigenvalue weighted by atomic mass is 32.1. The highest BCUT2D eigenvalue weighted by Crippen LogP contribution is 2.33. The molecule has 0 spiro atoms. The third kappa shape index (κ3) is 3.94. The summed E-state index contributed by atoms with van der Waals surface area (Å²) in [5.41, 5.74) is 4.61. The van der Waals surface area contributed by atoms with E-state index in [0.29, 0.717) is 24.5 Å². The molecule has 9 heteroatoms. The van der Waals surface area contributed by atoms with E-state index in [9.17, 15) is 9.18 Å². The van der Waals surface area contributed by atoms with Crippen LogP contribution in [0.3, 0.4) is 0 Å². The van der Waals surface area contributed by atoms with Gasteiger partial charge in [-0.15, -0.1) is 32.9 Å². The standard InChI is InChI=1S/C27H22FN5OS2/c1-16-11-14-35-23(16)18-3-5-20(6-4-18)27(34)32-12-13-33-24(17(32)2)30-31-25(33)22-15-36-26(29-22)19-7-9-21(28)10-8-19/h3-11,14-15,17H,12-13H2,1-2H3/t17-/m1/s1. The van der Waals surface area contributed by atoms with E-state index in [0.717, 1.165) is 27.7 Å². The van der Waals surface area contributed by atoms with E-state index in [2.05, 4.69) is 28.6 Å². The molecule has 36 heavy (non-hydrogen) atoms. The summed E-state index contributed by atoms with van der Waals surface area (Å²) >= 11 is 3.19. The highest BCUT2D eigenvalue weighted by Gasteiger charge is 2.32. The van der Waals surface area contributed by atoms with Gasteiger partial charge in [0.15, 0.2) is 11.6 Å². The number of halogens is 1. The van der Waals surface area contributed by atoms with Crippen LogP contribution in [0.15, 0.2) is 65.4 Å². The van der Waals surface area contributed by atoms with Crippen molar-refractivity contribution in [1.29, 1.82) is 0 Å². The summed E-state index contributed by atoms with van der Waals surface area (Å²) in [6.07, 6.45) is 0. The normalized spacial score (nSPS) is 15.2. The van der Waals surface area contributed by atoms with Gasteiger partial charge in [-0.05, 0) is 72.8 Å². The Kier molecular flexibility index (Phi) is 5.73. The molecule has 180 valence electrons. The largest absolute Gasteiger partial charge is 0.327 e. The maximum absolute atomic E-state index is 13.4. The van der Waals surface area contributed by atoms with E-state index in [-0.39, 0.29) is 17.8 Å². The van der Waals surface area contributed by atoms with Crippen molar-refractivity contribution in [1.82, 2.24) is 24.6 Å². The summed E-state index contributed by atoms with van der Waals surface area (Å²) in [5.74, 6) is 1.14. The first kappa shape index (κ1) is 22.8. The number of nitrogens with zero attached hydrogens (tertiary/aromatic N) is 5. The second-order valence-corrected chi connectivity index (χ2v) is 10.5. The number of carbonyl (C=O) groups excluding carboxylic acids is 1. The van der Waals surface area contributed by atoms with Gasteiger partial charge < -0.3 is 9.47 Å². The van der Waals surface area contributed by atoms with Crippen LogP contribution in [0.4, 0.5) is 4.39 Å². The van der Waals surface area contributed by atoms with Crippen molar-refractivity contribution in [3.05, 3.63) is 88.1 Å². The number of fused-ring (bicyclic) bond motifs is 1. The van der Waals surface area contributed by atoms with Crippen LogP contribution in [0, 0.1) is 12.7 Å². The second kappa shape index (κ2) is 9.07. The maximum Gasteiger partial charge on any atom is 0.254 e. The summed E-state index contributed by atoms with van der Waals surface area (Å²) in [6.45, 7) is 5.22. The van der Waals surface area contributed by atoms with E-state index < -0.39 is 0 Å². The molecule has 0 saturated heterocycles. The van der Waals surface area contributed by atoms with Gasteiger partial charge in [-0.2, -0.15) is 0 Å². The van der Waals surface area contributed by atoms with Crippen molar-refractivity contribution < 1.29 is 9.18 Å². The second-order valence-electron chi connectivity index (χ2n) is 8.76. The van der Waals surface area contributed by atoms with Crippen molar-refractivity contribution in [2.45, 2.75) is 26.4 Å². The molecule has 1 aliphatic rings. The van der Waals surface area contributed by atoms with Gasteiger partial charge in [0.1, 0.15) is 16.5 Å². The molecule has 1 aliphatic heterocycles. The molecule has 0 unspecified atom stereocenters. The number of benzene rings is 2. The molecule has 0 saturated carbocycles. The predicted octanol–water partition coefficient (Wildman–Crippen LogP) is 6.46. The first-order valence-corrected chi connectivity index (χ1v) is 13.4. The van der Waals surface area contributed by atoms with Crippen LogP contribution in [0.5, 0.6) is 0 Å². The molecule has 1 atom stereocenters. The van der Waals surface area contributed by atoms with Crippen LogP contribution >= 0.6 is 22.7 Å². The molecule has 0 bridgehead atoms. The topological polar surface area (TPSA) is 63.9 Å². The van der Waals surface area contributed by atoms with Crippen LogP contribution in [0.1, 0.15) is 34.7 Å². The maximum atomic E-state index is 13.4. The van der Waals surface area contributed by atoms with E-state index in [1.54, 1.807) is 23.5 Å². The number of aromatic nitrogens is 4. The number of carbonyl (C=O) groups is 1. The molecule has 2 aromatic carbocycles. The molecule has 0 fully saturated rings. The van der Waals surface area contributed by atoms with Crippen molar-refractivity contribution >= 4 is 28.6 Å². The number of rotatable bonds is 4. The van der Waals surface area contributed by atoms with Crippen LogP contribution in [0.25, 0.3) is 32.5 Å². The molecule has 0 aliphatic carbocycles. The lowest BCUT2D eigenvalue weighted by molar-refractivity contribution is 0.0638. The Hall–Kier alpha value is -3.69. The zero-order valence-corrected chi connectivity index (χ0v) is 21.3. The Balaban J connectivity index is 1.23. The molecular weight excluding hydrogens is 493 g/mol. The van der Waals surface area contributed by atoms with E-state index in [4.69, 9.17) is 4.98 Å². The zero-order valence-electron chi connectivity index (χ0n) is 19.7. The van der Waals surface area contributed by atoms with Crippen molar-refractivity contribution in [2.24, 2.45) is 0 Å². The van der Waals surface area contributed by atoms with Gasteiger partial charge in [-0.25, -0.2) is 9.37 Å². The minimum Gasteiger partial charge on any atom is -0.327 e. The summed E-state index contributed by atoms with van der Waals surface area (Å²) in [6, 6.07) is 16.0. The molecular formula is C27H22FN5OS2. The monoisotopic (exact) mass is 515 g/mol. The fourth-order valence-electron chi connectivity index (χ4n) is 4.55. The quantitative estimate of drug-likeness (QED) is 0.276. The predicted molar refractivity (Wildman–Crippen MR) is 140 cm³/mol. The van der Waals surface area contributed by atoms with Crippen molar-refractivity contribution in [3.8, 4) is 32.5 Å². The number of thiazole rings is 1. The van der Waals surface area contributed by atoms with Crippen LogP contribution < -0.4 is 0 Å². The molecule has 6 nitrogen and oxygen atoms in total. The lowest BCUT2D eigenvalue weighted by atomic mass is 10.1. The number of amides is 1. The molecule has 5 aromatic rings. The number of thiophene rings is 1. The molecule has 0 radical (unpaired) electrons. The van der Waals surface area contributed by atoms with Crippen molar-refractivity contribution in [3.63, 3.8) is 0 Å². The fraction of sp³-hybridized carbons (Fsp3) is 0.185. The first-order chi connectivity index (χ1) is 17.5. The van der Waals surface area contributed by atoms with E-state index in [1.165, 1.54) is 33.9 Å². The van der Waals surface area contributed by atoms with Gasteiger partial charge in [0, 0.05) is 34.5 Å². The Bertz CT molecular complexity index is 1550. The van der Waals surface area contributed by atoms with Gasteiger partial charge in [0.25, 0.3) is 5.91 Å². The molecule has 6 rings (SSSR count). The minimum atomic E-state index is -0.274. The van der Waals surface area contributed by atoms with Crippen LogP contribution in [-0.4, -0.2) is 37.1 Å². The third-order valence-electron chi connectivity index (χ3n) is 6.53. The Morgan fingerprint density at radius 2 is 1.72 bits per heavy atom. The van der Waals surface area contributed by atoms with Gasteiger partial charge in [-0.3, -0.25) is 4.79 Å². The summed E-state index contributed by atoms with van der Waals surface area (Å²) < 4.78 is 15.3. The molecule has 3 aromatic heterocycles. The van der Waals surface area contributed by atoms with Gasteiger partial charge in [0.2, 0.25) is 0 Å². The van der Waals surface area contributed by atoms with Crippen LogP contribution in [-0.2, 0) is 6.54 Å². The van der Waals surface area contributed by atoms with Crippen molar-refractivity contribution in [2.75, 3.05) is 6.54 Å². The Labute approximate surface area is 215 Å². The Morgan fingerprint density at radius 1 is 0.972 bits per heavy atom. The van der Waals surface area contributed by atoms with E-state index >= 15 is 0 Å². The smallest absolute Gasteiger partial charge is 0.254 e. The zero-order chi connectivity index (χ0) is 24.8. The minimum absolute atomic E-state index is 0.0139. The van der Waals surface area contributed by atoms with Crippen LogP contribution in [0.2, 0.25) is 0 Å². The summed E-state index contributed by atoms with van der Waals surface area (Å²) in [5, 5.41) is 13.7. The Morgan fingerprint density at radius 3 is 2.44 bits per heavy atom. The number of aryl methyl sites for hydroxylation is 1. The fourth-order valence-corrected chi connectivity index (χ4v) is 6.29. The lowest BCUT2D eigenvalue weighted by Gasteiger charge is -2.33. The summed E-state index contributed by atoms with van der Waals surface area (Å²) in [7, 11) is 0. The molecule has 4 heterocycles. The third-order valence-corrected chi connectivity index (χ3v) is 8.48. The van der Waals surface area contributed by atoms with E-state index in [1.807, 2.05) is 46.0 Å². The first-order valence-electron chi connectivity index (χ1n) is 11.6. The average molecular weight is 516 g/mol. The van der Waals surface area contributed by atoms with Gasteiger partial charge in [0.05, 0.1) is 6.04 Å². The highest BCUT2D eigenvalue weighted by molar-refractivity contribution is 7.14. The van der Waals surface area contributed by atoms with Gasteiger partial charge >= 0.3 is 0 Å². The SMILES string of the molecule is Cc1ccsc1-c1ccc(C(=O)N2CCn3c(-c4csc(-c5ccc(F)cc5)n4)nnc3[C@H]2C)cc1. The number of hydrogen-bond donors (Lipinski definition) is 0.